The smallest absolute Gasteiger partial charge is 0.116 e. The third-order valence-corrected chi connectivity index (χ3v) is 5.27. The molecule has 0 amide bonds. The topological polar surface area (TPSA) is 20.2 Å². The number of phenolic OH excluding ortho intramolecular Hbond substituents is 1. The molecule has 2 aliphatic carbocycles. The minimum Gasteiger partial charge on any atom is -0.508 e. The third kappa shape index (κ3) is 2.09. The highest BCUT2D eigenvalue weighted by Crippen LogP contribution is 2.60. The molecular weight excluding hydrogens is 292 g/mol. The van der Waals surface area contributed by atoms with Crippen LogP contribution in [0.25, 0.3) is 11.6 Å². The summed E-state index contributed by atoms with van der Waals surface area (Å²) in [5.74, 6) is 1.61. The molecule has 1 saturated carbocycles. The lowest BCUT2D eigenvalue weighted by atomic mass is 9.90. The fourth-order valence-corrected chi connectivity index (χ4v) is 4.10. The molecule has 0 aliphatic heterocycles. The monoisotopic (exact) mass is 310 g/mol. The molecule has 1 N–H and O–H groups in total. The van der Waals surface area contributed by atoms with Crippen molar-refractivity contribution in [1.29, 1.82) is 0 Å². The Morgan fingerprint density at radius 1 is 0.750 bits per heavy atom. The van der Waals surface area contributed by atoms with Crippen LogP contribution in [-0.2, 0) is 0 Å². The Hall–Kier alpha value is -2.80. The predicted molar refractivity (Wildman–Crippen MR) is 98.1 cm³/mol. The Morgan fingerprint density at radius 3 is 2.00 bits per heavy atom. The quantitative estimate of drug-likeness (QED) is 0.623. The SMILES string of the molecule is Oc1cccc(/C=C2/c3ccccc3[C@H]3C[C@H]3c3ccccc32)c1. The van der Waals surface area contributed by atoms with Gasteiger partial charge in [-0.3, -0.25) is 0 Å². The molecule has 0 bridgehead atoms. The average Bonchev–Trinajstić information content (AvgIpc) is 3.40. The van der Waals surface area contributed by atoms with E-state index in [4.69, 9.17) is 0 Å². The van der Waals surface area contributed by atoms with Crippen molar-refractivity contribution < 1.29 is 5.11 Å². The van der Waals surface area contributed by atoms with Gasteiger partial charge in [-0.25, -0.2) is 0 Å². The molecule has 3 aromatic rings. The van der Waals surface area contributed by atoms with E-state index in [0.29, 0.717) is 17.6 Å². The van der Waals surface area contributed by atoms with Gasteiger partial charge in [0.2, 0.25) is 0 Å². The molecule has 0 unspecified atom stereocenters. The van der Waals surface area contributed by atoms with Crippen LogP contribution in [0.2, 0.25) is 0 Å². The number of benzene rings is 3. The molecule has 1 nitrogen and oxygen atoms in total. The van der Waals surface area contributed by atoms with Crippen molar-refractivity contribution in [2.45, 2.75) is 18.3 Å². The van der Waals surface area contributed by atoms with Gasteiger partial charge in [0.25, 0.3) is 0 Å². The molecule has 24 heavy (non-hydrogen) atoms. The van der Waals surface area contributed by atoms with Crippen molar-refractivity contribution in [2.75, 3.05) is 0 Å². The maximum absolute atomic E-state index is 9.81. The van der Waals surface area contributed by atoms with E-state index in [-0.39, 0.29) is 0 Å². The zero-order chi connectivity index (χ0) is 16.1. The van der Waals surface area contributed by atoms with Crippen LogP contribution in [0.3, 0.4) is 0 Å². The average molecular weight is 310 g/mol. The second-order valence-electron chi connectivity index (χ2n) is 6.78. The molecule has 2 aliphatic rings. The van der Waals surface area contributed by atoms with Crippen LogP contribution in [0.15, 0.2) is 72.8 Å². The minimum atomic E-state index is 0.308. The lowest BCUT2D eigenvalue weighted by Gasteiger charge is -2.14. The Morgan fingerprint density at radius 2 is 1.38 bits per heavy atom. The molecule has 0 saturated heterocycles. The molecule has 3 aromatic carbocycles. The molecule has 0 aromatic heterocycles. The predicted octanol–water partition coefficient (Wildman–Crippen LogP) is 5.57. The first-order valence-corrected chi connectivity index (χ1v) is 8.50. The number of hydrogen-bond acceptors (Lipinski definition) is 1. The number of fused-ring (bicyclic) bond motifs is 5. The van der Waals surface area contributed by atoms with Crippen LogP contribution in [0.4, 0.5) is 0 Å². The van der Waals surface area contributed by atoms with E-state index in [1.807, 2.05) is 18.2 Å². The van der Waals surface area contributed by atoms with Gasteiger partial charge in [-0.15, -0.1) is 0 Å². The van der Waals surface area contributed by atoms with E-state index in [9.17, 15) is 5.11 Å². The van der Waals surface area contributed by atoms with E-state index >= 15 is 0 Å². The Bertz CT molecular complexity index is 914. The second kappa shape index (κ2) is 5.10. The van der Waals surface area contributed by atoms with E-state index in [0.717, 1.165) is 5.56 Å². The summed E-state index contributed by atoms with van der Waals surface area (Å²) in [7, 11) is 0. The van der Waals surface area contributed by atoms with Gasteiger partial charge in [0, 0.05) is 0 Å². The van der Waals surface area contributed by atoms with Gasteiger partial charge in [-0.1, -0.05) is 60.7 Å². The van der Waals surface area contributed by atoms with Gasteiger partial charge in [-0.05, 0) is 69.9 Å². The second-order valence-corrected chi connectivity index (χ2v) is 6.78. The summed E-state index contributed by atoms with van der Waals surface area (Å²) in [6.45, 7) is 0. The third-order valence-electron chi connectivity index (χ3n) is 5.27. The zero-order valence-corrected chi connectivity index (χ0v) is 13.3. The highest BCUT2D eigenvalue weighted by Gasteiger charge is 2.44. The van der Waals surface area contributed by atoms with Gasteiger partial charge >= 0.3 is 0 Å². The van der Waals surface area contributed by atoms with Crippen molar-refractivity contribution in [2.24, 2.45) is 0 Å². The van der Waals surface area contributed by atoms with Crippen molar-refractivity contribution >= 4 is 11.6 Å². The Labute approximate surface area is 141 Å². The van der Waals surface area contributed by atoms with Gasteiger partial charge in [0.05, 0.1) is 0 Å². The van der Waals surface area contributed by atoms with Crippen molar-refractivity contribution in [1.82, 2.24) is 0 Å². The first kappa shape index (κ1) is 13.6. The molecule has 2 atom stereocenters. The fraction of sp³-hybridized carbons (Fsp3) is 0.130. The first-order chi connectivity index (χ1) is 11.8. The Kier molecular flexibility index (Phi) is 2.90. The standard InChI is InChI=1S/C23H18O/c24-16-7-5-6-15(12-16)13-21-17-8-1-3-10-19(17)22-14-23(22)20-11-4-2-9-18(20)21/h1-13,22-24H,14H2/b21-13-/t22-,23+/m1/s1. The summed E-state index contributed by atoms with van der Waals surface area (Å²) in [6.07, 6.45) is 3.47. The zero-order valence-electron chi connectivity index (χ0n) is 13.3. The number of hydrogen-bond donors (Lipinski definition) is 1. The largest absolute Gasteiger partial charge is 0.508 e. The summed E-state index contributed by atoms with van der Waals surface area (Å²) in [6, 6.07) is 25.1. The van der Waals surface area contributed by atoms with E-state index < -0.39 is 0 Å². The van der Waals surface area contributed by atoms with Gasteiger partial charge in [0.1, 0.15) is 5.75 Å². The summed E-state index contributed by atoms with van der Waals surface area (Å²) in [5.41, 5.74) is 7.89. The maximum Gasteiger partial charge on any atom is 0.116 e. The van der Waals surface area contributed by atoms with Gasteiger partial charge < -0.3 is 5.11 Å². The number of phenols is 1. The van der Waals surface area contributed by atoms with Gasteiger partial charge in [-0.2, -0.15) is 0 Å². The van der Waals surface area contributed by atoms with Crippen molar-refractivity contribution in [3.8, 4) is 5.75 Å². The normalized spacial score (nSPS) is 22.2. The van der Waals surface area contributed by atoms with Gasteiger partial charge in [0.15, 0.2) is 0 Å². The first-order valence-electron chi connectivity index (χ1n) is 8.50. The molecule has 5 rings (SSSR count). The summed E-state index contributed by atoms with van der Waals surface area (Å²) >= 11 is 0. The van der Waals surface area contributed by atoms with Crippen molar-refractivity contribution in [3.05, 3.63) is 101 Å². The highest BCUT2D eigenvalue weighted by atomic mass is 16.3. The van der Waals surface area contributed by atoms with E-state index in [1.165, 1.54) is 34.2 Å². The van der Waals surface area contributed by atoms with E-state index in [2.05, 4.69) is 54.6 Å². The van der Waals surface area contributed by atoms with Crippen LogP contribution in [0, 0.1) is 0 Å². The van der Waals surface area contributed by atoms with Crippen LogP contribution >= 0.6 is 0 Å². The summed E-state index contributed by atoms with van der Waals surface area (Å²) in [5, 5.41) is 9.81. The summed E-state index contributed by atoms with van der Waals surface area (Å²) in [4.78, 5) is 0. The maximum atomic E-state index is 9.81. The molecule has 0 spiro atoms. The van der Waals surface area contributed by atoms with Crippen LogP contribution in [0.1, 0.15) is 46.1 Å². The molecule has 0 heterocycles. The highest BCUT2D eigenvalue weighted by molar-refractivity contribution is 5.95. The number of aromatic hydroxyl groups is 1. The molecule has 116 valence electrons. The van der Waals surface area contributed by atoms with Crippen LogP contribution < -0.4 is 0 Å². The van der Waals surface area contributed by atoms with Crippen molar-refractivity contribution in [3.63, 3.8) is 0 Å². The molecule has 1 heteroatoms. The lowest BCUT2D eigenvalue weighted by Crippen LogP contribution is -1.94. The lowest BCUT2D eigenvalue weighted by molar-refractivity contribution is 0.475. The van der Waals surface area contributed by atoms with Crippen LogP contribution in [0.5, 0.6) is 5.75 Å². The number of rotatable bonds is 1. The Balaban J connectivity index is 1.79. The molecule has 0 radical (unpaired) electrons. The molecule has 1 fully saturated rings. The summed E-state index contributed by atoms with van der Waals surface area (Å²) < 4.78 is 0. The fourth-order valence-electron chi connectivity index (χ4n) is 4.10. The molecular formula is C23H18O. The van der Waals surface area contributed by atoms with Crippen LogP contribution in [-0.4, -0.2) is 5.11 Å². The van der Waals surface area contributed by atoms with E-state index in [1.54, 1.807) is 6.07 Å². The minimum absolute atomic E-state index is 0.308.